The number of ether oxygens (including phenoxy) is 2. The van der Waals surface area contributed by atoms with Gasteiger partial charge >= 0.3 is 12.1 Å². The number of alkyl carbamates (subject to hydrolysis) is 1. The van der Waals surface area contributed by atoms with Gasteiger partial charge < -0.3 is 14.8 Å². The van der Waals surface area contributed by atoms with Gasteiger partial charge in [0.15, 0.2) is 5.65 Å². The van der Waals surface area contributed by atoms with E-state index in [1.807, 2.05) is 67.9 Å². The second-order valence-corrected chi connectivity index (χ2v) is 11.9. The number of hydrogen-bond donors (Lipinski definition) is 1. The smallest absolute Gasteiger partial charge is 0.408 e. The van der Waals surface area contributed by atoms with E-state index in [1.54, 1.807) is 6.08 Å². The molecule has 6 rings (SSSR count). The Labute approximate surface area is 250 Å². The molecule has 0 unspecified atom stereocenters. The summed E-state index contributed by atoms with van der Waals surface area (Å²) in [6.45, 7) is 5.60. The summed E-state index contributed by atoms with van der Waals surface area (Å²) in [5.41, 5.74) is 6.16. The molecule has 8 heteroatoms. The number of nitrogens with one attached hydrogen (secondary N) is 1. The monoisotopic (exact) mass is 574 g/mol. The number of rotatable bonds is 6. The third kappa shape index (κ3) is 5.73. The first-order valence-electron chi connectivity index (χ1n) is 14.4. The molecule has 1 N–H and O–H groups in total. The van der Waals surface area contributed by atoms with Crippen LogP contribution in [0.25, 0.3) is 45.0 Å². The maximum Gasteiger partial charge on any atom is 0.408 e. The van der Waals surface area contributed by atoms with Gasteiger partial charge in [-0.2, -0.15) is 5.10 Å². The van der Waals surface area contributed by atoms with Crippen LogP contribution >= 0.6 is 0 Å². The van der Waals surface area contributed by atoms with Crippen LogP contribution in [0.2, 0.25) is 0 Å². The lowest BCUT2D eigenvalue weighted by Gasteiger charge is -2.43. The van der Waals surface area contributed by atoms with Gasteiger partial charge in [0.05, 0.1) is 23.9 Å². The Morgan fingerprint density at radius 1 is 0.977 bits per heavy atom. The van der Waals surface area contributed by atoms with Crippen molar-refractivity contribution in [2.45, 2.75) is 51.2 Å². The zero-order valence-electron chi connectivity index (χ0n) is 24.8. The number of amides is 1. The molecule has 1 saturated carbocycles. The first kappa shape index (κ1) is 28.2. The highest BCUT2D eigenvalue weighted by atomic mass is 16.6. The number of esters is 1. The van der Waals surface area contributed by atoms with E-state index in [0.717, 1.165) is 63.7 Å². The minimum Gasteiger partial charge on any atom is -0.466 e. The Morgan fingerprint density at radius 3 is 2.37 bits per heavy atom. The summed E-state index contributed by atoms with van der Waals surface area (Å²) in [6, 6.07) is 24.2. The van der Waals surface area contributed by atoms with Gasteiger partial charge in [0, 0.05) is 28.8 Å². The molecule has 218 valence electrons. The average molecular weight is 575 g/mol. The Kier molecular flexibility index (Phi) is 7.22. The molecule has 0 aliphatic heterocycles. The van der Waals surface area contributed by atoms with Crippen molar-refractivity contribution in [2.75, 3.05) is 7.11 Å². The van der Waals surface area contributed by atoms with E-state index >= 15 is 0 Å². The summed E-state index contributed by atoms with van der Waals surface area (Å²) in [5, 5.41) is 8.81. The van der Waals surface area contributed by atoms with Crippen LogP contribution in [0.3, 0.4) is 0 Å². The highest BCUT2D eigenvalue weighted by Crippen LogP contribution is 2.42. The van der Waals surface area contributed by atoms with Crippen molar-refractivity contribution in [1.29, 1.82) is 0 Å². The molecule has 5 aromatic rings. The van der Waals surface area contributed by atoms with E-state index in [1.165, 1.54) is 13.2 Å². The number of fused-ring (bicyclic) bond motifs is 3. The standard InChI is InChI=1S/C35H34N4O4/c1-34(2,3)43-33(41)37-35(19-8-20-35)26-15-13-25(14-16-26)31-28(24-9-6-5-7-10-24)22-39-32(36-31)27-21-23(11-17-29(27)38-39)12-18-30(40)42-4/h5-7,9-18,21-22H,8,19-20H2,1-4H3,(H,37,41)/b18-12+. The Morgan fingerprint density at radius 2 is 1.72 bits per heavy atom. The summed E-state index contributed by atoms with van der Waals surface area (Å²) in [5.74, 6) is -0.415. The normalized spacial score (nSPS) is 14.5. The molecule has 1 aliphatic carbocycles. The number of methoxy groups -OCH3 is 1. The van der Waals surface area contributed by atoms with Gasteiger partial charge in [0.1, 0.15) is 5.60 Å². The predicted octanol–water partition coefficient (Wildman–Crippen LogP) is 7.31. The fraction of sp³-hybridized carbons (Fsp3) is 0.257. The van der Waals surface area contributed by atoms with Crippen LogP contribution < -0.4 is 5.32 Å². The molecule has 0 saturated heterocycles. The lowest BCUT2D eigenvalue weighted by Crippen LogP contribution is -2.52. The van der Waals surface area contributed by atoms with Crippen molar-refractivity contribution >= 4 is 34.7 Å². The fourth-order valence-corrected chi connectivity index (χ4v) is 5.51. The Bertz CT molecular complexity index is 1850. The van der Waals surface area contributed by atoms with Crippen molar-refractivity contribution in [1.82, 2.24) is 19.9 Å². The lowest BCUT2D eigenvalue weighted by atomic mass is 9.71. The third-order valence-corrected chi connectivity index (χ3v) is 7.77. The molecule has 0 atom stereocenters. The lowest BCUT2D eigenvalue weighted by molar-refractivity contribution is -0.134. The summed E-state index contributed by atoms with van der Waals surface area (Å²) < 4.78 is 12.1. The van der Waals surface area contributed by atoms with Gasteiger partial charge in [-0.25, -0.2) is 19.1 Å². The molecule has 0 bridgehead atoms. The van der Waals surface area contributed by atoms with Crippen LogP contribution in [-0.2, 0) is 19.8 Å². The average Bonchev–Trinajstić information content (AvgIpc) is 3.33. The van der Waals surface area contributed by atoms with Crippen molar-refractivity contribution in [2.24, 2.45) is 0 Å². The van der Waals surface area contributed by atoms with E-state index in [4.69, 9.17) is 19.6 Å². The number of aromatic nitrogens is 3. The molecule has 3 aromatic carbocycles. The Balaban J connectivity index is 1.42. The van der Waals surface area contributed by atoms with E-state index in [0.29, 0.717) is 5.65 Å². The fourth-order valence-electron chi connectivity index (χ4n) is 5.51. The number of carbonyl (C=O) groups excluding carboxylic acids is 2. The molecular weight excluding hydrogens is 540 g/mol. The SMILES string of the molecule is COC(=O)/C=C/c1ccc2nn3cc(-c4ccccc4)c(-c4ccc(C5(NC(=O)OC(C)(C)C)CCC5)cc4)nc3c2c1. The van der Waals surface area contributed by atoms with E-state index in [2.05, 4.69) is 41.7 Å². The summed E-state index contributed by atoms with van der Waals surface area (Å²) in [6.07, 6.45) is 7.49. The molecule has 1 amide bonds. The molecule has 43 heavy (non-hydrogen) atoms. The summed E-state index contributed by atoms with van der Waals surface area (Å²) >= 11 is 0. The van der Waals surface area contributed by atoms with Crippen LogP contribution in [0.15, 0.2) is 85.1 Å². The minimum absolute atomic E-state index is 0.400. The molecule has 1 aliphatic rings. The van der Waals surface area contributed by atoms with E-state index in [-0.39, 0.29) is 0 Å². The van der Waals surface area contributed by atoms with Crippen molar-refractivity contribution in [3.05, 3.63) is 96.2 Å². The van der Waals surface area contributed by atoms with Crippen LogP contribution in [0, 0.1) is 0 Å². The Hall–Kier alpha value is -4.98. The zero-order valence-corrected chi connectivity index (χ0v) is 24.8. The molecule has 0 spiro atoms. The van der Waals surface area contributed by atoms with Gasteiger partial charge in [-0.3, -0.25) is 0 Å². The second-order valence-electron chi connectivity index (χ2n) is 11.9. The van der Waals surface area contributed by atoms with Crippen LogP contribution in [0.5, 0.6) is 0 Å². The number of nitrogens with zero attached hydrogens (tertiary/aromatic N) is 3. The first-order valence-corrected chi connectivity index (χ1v) is 14.4. The molecule has 1 fully saturated rings. The quantitative estimate of drug-likeness (QED) is 0.169. The highest BCUT2D eigenvalue weighted by Gasteiger charge is 2.41. The van der Waals surface area contributed by atoms with Gasteiger partial charge in [-0.15, -0.1) is 0 Å². The predicted molar refractivity (Wildman–Crippen MR) is 167 cm³/mol. The molecular formula is C35H34N4O4. The van der Waals surface area contributed by atoms with E-state index < -0.39 is 23.2 Å². The number of carbonyl (C=O) groups is 2. The maximum absolute atomic E-state index is 12.7. The number of benzene rings is 3. The zero-order chi connectivity index (χ0) is 30.2. The minimum atomic E-state index is -0.562. The van der Waals surface area contributed by atoms with Crippen molar-refractivity contribution < 1.29 is 19.1 Å². The third-order valence-electron chi connectivity index (χ3n) is 7.77. The first-order chi connectivity index (χ1) is 20.6. The van der Waals surface area contributed by atoms with Gasteiger partial charge in [-0.1, -0.05) is 60.7 Å². The highest BCUT2D eigenvalue weighted by molar-refractivity contribution is 5.96. The van der Waals surface area contributed by atoms with Crippen molar-refractivity contribution in [3.63, 3.8) is 0 Å². The molecule has 0 radical (unpaired) electrons. The largest absolute Gasteiger partial charge is 0.466 e. The van der Waals surface area contributed by atoms with E-state index in [9.17, 15) is 9.59 Å². The van der Waals surface area contributed by atoms with Crippen LogP contribution in [-0.4, -0.2) is 39.4 Å². The molecule has 8 nitrogen and oxygen atoms in total. The van der Waals surface area contributed by atoms with Gasteiger partial charge in [0.25, 0.3) is 0 Å². The van der Waals surface area contributed by atoms with Crippen molar-refractivity contribution in [3.8, 4) is 22.4 Å². The van der Waals surface area contributed by atoms with Gasteiger partial charge in [0.2, 0.25) is 0 Å². The summed E-state index contributed by atoms with van der Waals surface area (Å²) in [7, 11) is 1.35. The molecule has 2 aromatic heterocycles. The maximum atomic E-state index is 12.7. The van der Waals surface area contributed by atoms with Gasteiger partial charge in [-0.05, 0) is 74.9 Å². The number of hydrogen-bond acceptors (Lipinski definition) is 6. The summed E-state index contributed by atoms with van der Waals surface area (Å²) in [4.78, 5) is 29.5. The van der Waals surface area contributed by atoms with Crippen LogP contribution in [0.4, 0.5) is 4.79 Å². The topological polar surface area (TPSA) is 94.8 Å². The van der Waals surface area contributed by atoms with Crippen LogP contribution in [0.1, 0.15) is 51.2 Å². The molecule has 2 heterocycles. The second kappa shape index (κ2) is 11.0.